The number of amides is 1. The van der Waals surface area contributed by atoms with Gasteiger partial charge in [0.15, 0.2) is 0 Å². The number of piperidine rings is 1. The van der Waals surface area contributed by atoms with Crippen LogP contribution in [0.5, 0.6) is 0 Å². The van der Waals surface area contributed by atoms with Crippen molar-refractivity contribution in [1.82, 2.24) is 15.5 Å². The first-order valence-electron chi connectivity index (χ1n) is 6.36. The first-order valence-corrected chi connectivity index (χ1v) is 7.18. The number of nitrogens with zero attached hydrogens (tertiary/aromatic N) is 2. The highest BCUT2D eigenvalue weighted by Gasteiger charge is 2.35. The van der Waals surface area contributed by atoms with E-state index in [0.717, 1.165) is 32.4 Å². The van der Waals surface area contributed by atoms with Crippen molar-refractivity contribution in [2.24, 2.45) is 5.92 Å². The molecule has 0 atom stereocenters. The van der Waals surface area contributed by atoms with Gasteiger partial charge >= 0.3 is 6.18 Å². The molecule has 0 radical (unpaired) electrons. The van der Waals surface area contributed by atoms with Crippen LogP contribution in [0.2, 0.25) is 0 Å². The Labute approximate surface area is 130 Å². The van der Waals surface area contributed by atoms with Crippen molar-refractivity contribution >= 4 is 34.8 Å². The molecule has 2 rings (SSSR count). The summed E-state index contributed by atoms with van der Waals surface area (Å²) in [5, 5.41) is 10.8. The molecule has 0 unspecified atom stereocenters. The summed E-state index contributed by atoms with van der Waals surface area (Å²) >= 11 is 0.340. The lowest BCUT2D eigenvalue weighted by Crippen LogP contribution is -2.28. The standard InChI is InChI=1S/C11H15F3N4OS.ClH/c12-11(13,14)9-17-18-10(20-9)16-8(19)2-1-7-3-5-15-6-4-7;/h7,15H,1-6H2,(H,16,18,19);1H. The zero-order valence-corrected chi connectivity index (χ0v) is 12.7. The molecule has 0 bridgehead atoms. The fourth-order valence-electron chi connectivity index (χ4n) is 2.08. The normalized spacial score (nSPS) is 16.3. The molecule has 2 N–H and O–H groups in total. The molecule has 0 aromatic carbocycles. The Morgan fingerprint density at radius 1 is 1.33 bits per heavy atom. The van der Waals surface area contributed by atoms with Gasteiger partial charge < -0.3 is 10.6 Å². The van der Waals surface area contributed by atoms with Gasteiger partial charge in [0.25, 0.3) is 0 Å². The largest absolute Gasteiger partial charge is 0.445 e. The fraction of sp³-hybridized carbons (Fsp3) is 0.727. The van der Waals surface area contributed by atoms with E-state index >= 15 is 0 Å². The Morgan fingerprint density at radius 3 is 2.57 bits per heavy atom. The Hall–Kier alpha value is -0.930. The molecule has 1 aliphatic heterocycles. The smallest absolute Gasteiger partial charge is 0.317 e. The van der Waals surface area contributed by atoms with Gasteiger partial charge in [-0.25, -0.2) is 0 Å². The van der Waals surface area contributed by atoms with E-state index < -0.39 is 11.2 Å². The Kier molecular flexibility index (Phi) is 6.82. The van der Waals surface area contributed by atoms with Crippen molar-refractivity contribution in [1.29, 1.82) is 0 Å². The molecule has 0 saturated carbocycles. The molecule has 2 heterocycles. The van der Waals surface area contributed by atoms with Crippen LogP contribution in [-0.2, 0) is 11.0 Å². The Morgan fingerprint density at radius 2 is 2.00 bits per heavy atom. The van der Waals surface area contributed by atoms with Crippen LogP contribution in [0.15, 0.2) is 0 Å². The molecule has 5 nitrogen and oxygen atoms in total. The average molecular weight is 345 g/mol. The zero-order valence-electron chi connectivity index (χ0n) is 11.1. The van der Waals surface area contributed by atoms with Gasteiger partial charge in [0.2, 0.25) is 16.0 Å². The molecule has 21 heavy (non-hydrogen) atoms. The summed E-state index contributed by atoms with van der Waals surface area (Å²) in [5.41, 5.74) is 0. The van der Waals surface area contributed by atoms with E-state index in [4.69, 9.17) is 0 Å². The molecule has 1 aromatic rings. The number of hydrogen-bond donors (Lipinski definition) is 2. The maximum absolute atomic E-state index is 12.3. The van der Waals surface area contributed by atoms with Gasteiger partial charge in [-0.3, -0.25) is 4.79 Å². The van der Waals surface area contributed by atoms with E-state index in [0.29, 0.717) is 23.7 Å². The van der Waals surface area contributed by atoms with E-state index in [1.165, 1.54) is 0 Å². The molecular formula is C11H16ClF3N4OS. The number of rotatable bonds is 4. The van der Waals surface area contributed by atoms with Crippen molar-refractivity contribution in [3.05, 3.63) is 5.01 Å². The van der Waals surface area contributed by atoms with Gasteiger partial charge in [0.05, 0.1) is 0 Å². The third-order valence-corrected chi connectivity index (χ3v) is 4.04. The van der Waals surface area contributed by atoms with Crippen molar-refractivity contribution in [2.75, 3.05) is 18.4 Å². The van der Waals surface area contributed by atoms with Crippen LogP contribution in [0, 0.1) is 5.92 Å². The van der Waals surface area contributed by atoms with E-state index in [9.17, 15) is 18.0 Å². The van der Waals surface area contributed by atoms with Crippen molar-refractivity contribution in [3.63, 3.8) is 0 Å². The van der Waals surface area contributed by atoms with Gasteiger partial charge in [-0.1, -0.05) is 11.3 Å². The van der Waals surface area contributed by atoms with Crippen LogP contribution in [0.4, 0.5) is 18.3 Å². The number of carbonyl (C=O) groups is 1. The van der Waals surface area contributed by atoms with E-state index in [1.54, 1.807) is 0 Å². The summed E-state index contributed by atoms with van der Waals surface area (Å²) in [7, 11) is 0. The molecule has 10 heteroatoms. The minimum atomic E-state index is -4.52. The molecule has 120 valence electrons. The summed E-state index contributed by atoms with van der Waals surface area (Å²) in [6, 6.07) is 0. The molecule has 1 fully saturated rings. The lowest BCUT2D eigenvalue weighted by Gasteiger charge is -2.21. The Balaban J connectivity index is 0.00000220. The van der Waals surface area contributed by atoms with Crippen LogP contribution in [0.25, 0.3) is 0 Å². The van der Waals surface area contributed by atoms with E-state index in [-0.39, 0.29) is 23.4 Å². The SMILES string of the molecule is Cl.O=C(CCC1CCNCC1)Nc1nnc(C(F)(F)F)s1. The lowest BCUT2D eigenvalue weighted by molar-refractivity contribution is -0.138. The molecule has 0 aliphatic carbocycles. The van der Waals surface area contributed by atoms with E-state index in [1.807, 2.05) is 0 Å². The predicted octanol–water partition coefficient (Wildman–Crippen LogP) is 2.70. The second-order valence-electron chi connectivity index (χ2n) is 4.69. The minimum Gasteiger partial charge on any atom is -0.317 e. The summed E-state index contributed by atoms with van der Waals surface area (Å²) in [5.74, 6) is 0.190. The highest BCUT2D eigenvalue weighted by Crippen LogP contribution is 2.33. The highest BCUT2D eigenvalue weighted by atomic mass is 35.5. The Bertz CT molecular complexity index is 463. The van der Waals surface area contributed by atoms with E-state index in [2.05, 4.69) is 20.8 Å². The van der Waals surface area contributed by atoms with Gasteiger partial charge in [-0.15, -0.1) is 22.6 Å². The molecule has 1 saturated heterocycles. The summed E-state index contributed by atoms with van der Waals surface area (Å²) in [6.07, 6.45) is -1.41. The lowest BCUT2D eigenvalue weighted by atomic mass is 9.93. The molecule has 1 amide bonds. The molecule has 1 aromatic heterocycles. The molecule has 0 spiro atoms. The van der Waals surface area contributed by atoms with Crippen LogP contribution < -0.4 is 10.6 Å². The van der Waals surface area contributed by atoms with Crippen LogP contribution >= 0.6 is 23.7 Å². The number of carbonyl (C=O) groups excluding carboxylic acids is 1. The summed E-state index contributed by atoms with van der Waals surface area (Å²) in [6.45, 7) is 1.91. The zero-order chi connectivity index (χ0) is 14.6. The first kappa shape index (κ1) is 18.1. The monoisotopic (exact) mass is 344 g/mol. The second kappa shape index (κ2) is 7.90. The third kappa shape index (κ3) is 5.76. The second-order valence-corrected chi connectivity index (χ2v) is 5.67. The summed E-state index contributed by atoms with van der Waals surface area (Å²) in [4.78, 5) is 11.6. The first-order chi connectivity index (χ1) is 9.45. The van der Waals surface area contributed by atoms with Crippen molar-refractivity contribution in [2.45, 2.75) is 31.9 Å². The summed E-state index contributed by atoms with van der Waals surface area (Å²) < 4.78 is 37.0. The number of nitrogens with one attached hydrogen (secondary N) is 2. The average Bonchev–Trinajstić information content (AvgIpc) is 2.86. The van der Waals surface area contributed by atoms with Gasteiger partial charge in [-0.2, -0.15) is 13.2 Å². The molecular weight excluding hydrogens is 329 g/mol. The van der Waals surface area contributed by atoms with Crippen molar-refractivity contribution < 1.29 is 18.0 Å². The number of anilines is 1. The fourth-order valence-corrected chi connectivity index (χ4v) is 2.70. The van der Waals surface area contributed by atoms with Crippen LogP contribution in [-0.4, -0.2) is 29.2 Å². The predicted molar refractivity (Wildman–Crippen MR) is 75.6 cm³/mol. The van der Waals surface area contributed by atoms with Crippen molar-refractivity contribution in [3.8, 4) is 0 Å². The number of aromatic nitrogens is 2. The maximum atomic E-state index is 12.3. The third-order valence-electron chi connectivity index (χ3n) is 3.15. The number of alkyl halides is 3. The topological polar surface area (TPSA) is 66.9 Å². The highest BCUT2D eigenvalue weighted by molar-refractivity contribution is 7.15. The van der Waals surface area contributed by atoms with Crippen LogP contribution in [0.1, 0.15) is 30.7 Å². The quantitative estimate of drug-likeness (QED) is 0.881. The van der Waals surface area contributed by atoms with Gasteiger partial charge in [-0.05, 0) is 38.3 Å². The van der Waals surface area contributed by atoms with Crippen LogP contribution in [0.3, 0.4) is 0 Å². The van der Waals surface area contributed by atoms with Gasteiger partial charge in [0, 0.05) is 6.42 Å². The number of halogens is 4. The molecule has 1 aliphatic rings. The maximum Gasteiger partial charge on any atom is 0.445 e. The number of hydrogen-bond acceptors (Lipinski definition) is 5. The minimum absolute atomic E-state index is 0. The van der Waals surface area contributed by atoms with Gasteiger partial charge in [0.1, 0.15) is 0 Å².